The molecule has 16 heavy (non-hydrogen) atoms. The number of hydrogen-bond donors (Lipinski definition) is 0. The average molecular weight is 238 g/mol. The molecule has 0 aliphatic heterocycles. The monoisotopic (exact) mass is 238 g/mol. The molecule has 1 nitrogen and oxygen atoms in total. The molecule has 0 heterocycles. The van der Waals surface area contributed by atoms with E-state index >= 15 is 0 Å². The minimum atomic E-state index is 0.129. The summed E-state index contributed by atoms with van der Waals surface area (Å²) < 4.78 is 5.96. The van der Waals surface area contributed by atoms with Crippen molar-refractivity contribution in [1.82, 2.24) is 0 Å². The summed E-state index contributed by atoms with van der Waals surface area (Å²) >= 11 is 0. The summed E-state index contributed by atoms with van der Waals surface area (Å²) in [5, 5.41) is 0.295. The quantitative estimate of drug-likeness (QED) is 0.501. The van der Waals surface area contributed by atoms with Gasteiger partial charge in [0.2, 0.25) is 9.76 Å². The fraction of sp³-hybridized carbons (Fsp3) is 0.857. The predicted molar refractivity (Wildman–Crippen MR) is 72.5 cm³/mol. The molecule has 0 amide bonds. The van der Waals surface area contributed by atoms with Gasteiger partial charge in [-0.15, -0.1) is 5.92 Å². The molecule has 0 rings (SSSR count). The van der Waals surface area contributed by atoms with Gasteiger partial charge in [0.15, 0.2) is 0 Å². The zero-order valence-electron chi connectivity index (χ0n) is 11.7. The van der Waals surface area contributed by atoms with E-state index in [9.17, 15) is 0 Å². The molecule has 2 radical (unpaired) electrons. The van der Waals surface area contributed by atoms with Crippen LogP contribution in [0.4, 0.5) is 0 Å². The first-order valence-corrected chi connectivity index (χ1v) is 7.23. The normalized spacial score (nSPS) is 13.4. The van der Waals surface area contributed by atoms with Gasteiger partial charge in [0.25, 0.3) is 0 Å². The van der Waals surface area contributed by atoms with Gasteiger partial charge in [0.1, 0.15) is 6.10 Å². The Kier molecular flexibility index (Phi) is 7.79. The molecule has 2 heteroatoms. The van der Waals surface area contributed by atoms with E-state index in [0.29, 0.717) is 20.7 Å². The lowest BCUT2D eigenvalue weighted by Gasteiger charge is -2.23. The lowest BCUT2D eigenvalue weighted by molar-refractivity contribution is 0.228. The smallest absolute Gasteiger partial charge is 0.237 e. The molecule has 0 aliphatic rings. The van der Waals surface area contributed by atoms with Crippen LogP contribution in [0.5, 0.6) is 0 Å². The molecule has 0 aromatic rings. The topological polar surface area (TPSA) is 9.23 Å². The molecule has 1 atom stereocenters. The third-order valence-corrected chi connectivity index (χ3v) is 3.80. The first-order valence-electron chi connectivity index (χ1n) is 6.32. The SMILES string of the molecule is CCC#CC(CC(C)C)O[Si]C(C)(C)CC. The summed E-state index contributed by atoms with van der Waals surface area (Å²) in [5.74, 6) is 7.01. The van der Waals surface area contributed by atoms with Crippen LogP contribution in [0.1, 0.15) is 60.8 Å². The van der Waals surface area contributed by atoms with Gasteiger partial charge in [-0.3, -0.25) is 0 Å². The molecule has 0 fully saturated rings. The van der Waals surface area contributed by atoms with Gasteiger partial charge in [-0.2, -0.15) is 0 Å². The third kappa shape index (κ3) is 7.96. The lowest BCUT2D eigenvalue weighted by Crippen LogP contribution is -2.23. The van der Waals surface area contributed by atoms with Crippen LogP contribution in [0.25, 0.3) is 0 Å². The summed E-state index contributed by atoms with van der Waals surface area (Å²) in [7, 11) is 0.548. The summed E-state index contributed by atoms with van der Waals surface area (Å²) in [6.07, 6.45) is 3.24. The van der Waals surface area contributed by atoms with E-state index in [1.54, 1.807) is 0 Å². The second kappa shape index (κ2) is 7.92. The van der Waals surface area contributed by atoms with Gasteiger partial charge in [0.05, 0.1) is 0 Å². The first-order chi connectivity index (χ1) is 7.41. The molecular weight excluding hydrogens is 212 g/mol. The Morgan fingerprint density at radius 1 is 1.25 bits per heavy atom. The van der Waals surface area contributed by atoms with E-state index in [0.717, 1.165) is 19.3 Å². The van der Waals surface area contributed by atoms with E-state index in [4.69, 9.17) is 4.43 Å². The predicted octanol–water partition coefficient (Wildman–Crippen LogP) is 4.06. The fourth-order valence-corrected chi connectivity index (χ4v) is 1.84. The molecule has 0 aromatic heterocycles. The molecule has 0 spiro atoms. The maximum absolute atomic E-state index is 5.96. The van der Waals surface area contributed by atoms with Gasteiger partial charge < -0.3 is 4.43 Å². The van der Waals surface area contributed by atoms with Crippen LogP contribution in [0.15, 0.2) is 0 Å². The Morgan fingerprint density at radius 2 is 1.88 bits per heavy atom. The van der Waals surface area contributed by atoms with E-state index < -0.39 is 0 Å². The molecule has 0 saturated carbocycles. The Morgan fingerprint density at radius 3 is 2.31 bits per heavy atom. The highest BCUT2D eigenvalue weighted by atomic mass is 28.2. The summed E-state index contributed by atoms with van der Waals surface area (Å²) in [6, 6.07) is 0. The average Bonchev–Trinajstić information content (AvgIpc) is 2.21. The molecule has 1 unspecified atom stereocenters. The minimum absolute atomic E-state index is 0.129. The largest absolute Gasteiger partial charge is 0.403 e. The number of hydrogen-bond acceptors (Lipinski definition) is 1. The van der Waals surface area contributed by atoms with E-state index in [1.165, 1.54) is 0 Å². The Balaban J connectivity index is 4.21. The Hall–Kier alpha value is -0.263. The van der Waals surface area contributed by atoms with Crippen LogP contribution in [-0.2, 0) is 4.43 Å². The second-order valence-corrected chi connectivity index (χ2v) is 7.04. The van der Waals surface area contributed by atoms with Crippen molar-refractivity contribution >= 4 is 9.76 Å². The van der Waals surface area contributed by atoms with Crippen molar-refractivity contribution in [2.75, 3.05) is 0 Å². The maximum Gasteiger partial charge on any atom is 0.237 e. The molecule has 0 N–H and O–H groups in total. The van der Waals surface area contributed by atoms with Crippen molar-refractivity contribution in [2.24, 2.45) is 5.92 Å². The molecule has 0 aliphatic carbocycles. The van der Waals surface area contributed by atoms with Crippen LogP contribution in [0.3, 0.4) is 0 Å². The zero-order valence-corrected chi connectivity index (χ0v) is 12.7. The summed E-state index contributed by atoms with van der Waals surface area (Å²) in [4.78, 5) is 0. The zero-order chi connectivity index (χ0) is 12.6. The minimum Gasteiger partial charge on any atom is -0.403 e. The van der Waals surface area contributed by atoms with Crippen LogP contribution >= 0.6 is 0 Å². The summed E-state index contributed by atoms with van der Waals surface area (Å²) in [5.41, 5.74) is 0. The van der Waals surface area contributed by atoms with E-state index in [-0.39, 0.29) is 6.10 Å². The first kappa shape index (κ1) is 15.7. The lowest BCUT2D eigenvalue weighted by atomic mass is 10.1. The van der Waals surface area contributed by atoms with Gasteiger partial charge in [-0.25, -0.2) is 0 Å². The van der Waals surface area contributed by atoms with Crippen LogP contribution < -0.4 is 0 Å². The van der Waals surface area contributed by atoms with E-state index in [2.05, 4.69) is 53.4 Å². The highest BCUT2D eigenvalue weighted by Gasteiger charge is 2.20. The molecule has 0 bridgehead atoms. The van der Waals surface area contributed by atoms with Crippen molar-refractivity contribution in [3.05, 3.63) is 0 Å². The van der Waals surface area contributed by atoms with Crippen molar-refractivity contribution < 1.29 is 4.43 Å². The Labute approximate surface area is 104 Å². The van der Waals surface area contributed by atoms with Crippen molar-refractivity contribution in [2.45, 2.75) is 71.9 Å². The number of rotatable bonds is 6. The van der Waals surface area contributed by atoms with Crippen LogP contribution in [-0.4, -0.2) is 15.9 Å². The Bertz CT molecular complexity index is 235. The standard InChI is InChI=1S/C14H26OSi/c1-7-9-10-13(11-12(3)4)15-16-14(5,6)8-2/h12-13H,7-8,11H2,1-6H3. The molecular formula is C14H26OSi. The van der Waals surface area contributed by atoms with Gasteiger partial charge in [-0.05, 0) is 17.4 Å². The summed E-state index contributed by atoms with van der Waals surface area (Å²) in [6.45, 7) is 13.2. The van der Waals surface area contributed by atoms with Gasteiger partial charge >= 0.3 is 0 Å². The fourth-order valence-electron chi connectivity index (χ4n) is 1.08. The van der Waals surface area contributed by atoms with Crippen LogP contribution in [0.2, 0.25) is 5.04 Å². The molecule has 0 aromatic carbocycles. The van der Waals surface area contributed by atoms with Crippen molar-refractivity contribution in [3.63, 3.8) is 0 Å². The van der Waals surface area contributed by atoms with Gasteiger partial charge in [-0.1, -0.05) is 53.9 Å². The third-order valence-electron chi connectivity index (χ3n) is 2.49. The van der Waals surface area contributed by atoms with Gasteiger partial charge in [0, 0.05) is 6.42 Å². The van der Waals surface area contributed by atoms with E-state index in [1.807, 2.05) is 0 Å². The highest BCUT2D eigenvalue weighted by Crippen LogP contribution is 2.27. The van der Waals surface area contributed by atoms with Crippen molar-refractivity contribution in [3.8, 4) is 11.8 Å². The van der Waals surface area contributed by atoms with Crippen LogP contribution in [0, 0.1) is 17.8 Å². The van der Waals surface area contributed by atoms with Crippen molar-refractivity contribution in [1.29, 1.82) is 0 Å². The molecule has 0 saturated heterocycles. The second-order valence-electron chi connectivity index (χ2n) is 5.25. The molecule has 92 valence electrons. The highest BCUT2D eigenvalue weighted by molar-refractivity contribution is 6.32. The maximum atomic E-state index is 5.96.